The van der Waals surface area contributed by atoms with E-state index >= 15 is 0 Å². The molecule has 12 aromatic rings. The summed E-state index contributed by atoms with van der Waals surface area (Å²) in [6, 6.07) is 29.9. The van der Waals surface area contributed by atoms with E-state index in [2.05, 4.69) is 79.1 Å². The average molecular weight is 1470 g/mol. The number of carbonyl (C=O) groups excluding carboxylic acids is 4. The molecule has 9 heterocycles. The molecule has 0 spiro atoms. The smallest absolute Gasteiger partial charge is 0.478 e. The predicted molar refractivity (Wildman–Crippen MR) is 381 cm³/mol. The molecule has 0 atom stereocenters. The molecule has 0 saturated carbocycles. The third kappa shape index (κ3) is 18.5. The summed E-state index contributed by atoms with van der Waals surface area (Å²) in [7, 11) is 8.05. The summed E-state index contributed by atoms with van der Waals surface area (Å²) in [5.74, 6) is -3.19. The number of nitrogens with zero attached hydrogens (tertiary/aromatic N) is 18. The van der Waals surface area contributed by atoms with Crippen molar-refractivity contribution in [1.29, 1.82) is 0 Å². The molecular formula is C66H63F3N24O14. The number of aromatic nitrogens is 15. The molecule has 0 saturated heterocycles. The summed E-state index contributed by atoms with van der Waals surface area (Å²) in [5.41, 5.74) is 40.9. The number of ether oxygens (including phenoxy) is 4. The Hall–Kier alpha value is -15.2. The number of carboxylic acids is 2. The lowest BCUT2D eigenvalue weighted by molar-refractivity contribution is -0.134. The van der Waals surface area contributed by atoms with E-state index in [1.54, 1.807) is 124 Å². The number of nitrogen functional groups attached to an aromatic ring is 6. The number of benzene rings is 3. The zero-order valence-electron chi connectivity index (χ0n) is 57.0. The molecule has 9 aromatic heterocycles. The van der Waals surface area contributed by atoms with E-state index in [1.165, 1.54) is 60.7 Å². The van der Waals surface area contributed by atoms with Gasteiger partial charge in [0, 0.05) is 68.6 Å². The van der Waals surface area contributed by atoms with Gasteiger partial charge in [0.15, 0.2) is 69.3 Å². The Morgan fingerprint density at radius 2 is 0.673 bits per heavy atom. The highest BCUT2D eigenvalue weighted by atomic mass is 19.1. The predicted octanol–water partition coefficient (Wildman–Crippen LogP) is 6.88. The molecule has 41 heteroatoms. The summed E-state index contributed by atoms with van der Waals surface area (Å²) in [6.07, 6.45) is 2.38. The Morgan fingerprint density at radius 1 is 0.421 bits per heavy atom. The van der Waals surface area contributed by atoms with E-state index in [1.807, 2.05) is 0 Å². The third-order valence-electron chi connectivity index (χ3n) is 14.7. The average Bonchev–Trinajstić information content (AvgIpc) is 1.59. The fraction of sp³-hybridized carbons (Fsp3) is 0.136. The number of rotatable bonds is 15. The van der Waals surface area contributed by atoms with Crippen LogP contribution in [0.3, 0.4) is 0 Å². The Morgan fingerprint density at radius 3 is 0.879 bits per heavy atom. The number of amides is 3. The van der Waals surface area contributed by atoms with Crippen LogP contribution in [0.1, 0.15) is 16.7 Å². The summed E-state index contributed by atoms with van der Waals surface area (Å²) in [5, 5.41) is 38.7. The molecule has 0 aliphatic heterocycles. The first-order chi connectivity index (χ1) is 51.1. The van der Waals surface area contributed by atoms with Crippen LogP contribution in [0.2, 0.25) is 0 Å². The summed E-state index contributed by atoms with van der Waals surface area (Å²) in [4.78, 5) is 115. The SMILES string of the molecule is COC(=O)N(C)c1c(N)nc(-c2nn(Cc3ccccc3F)c3ncccc23)nc1N.COC(=O)N(C)c1c(N)nc(-c2nn(Cc3ccccc3F)c3ncccc23)nc1N.COC(=O)N(C)c1c(N)nc(-c2nn(Cc3ccccc3F)c3ncccc23)nc1N.O=C(O)/C=C\C(=O)O.O=COC(=O)O. The lowest BCUT2D eigenvalue weighted by Crippen LogP contribution is -2.28. The van der Waals surface area contributed by atoms with Gasteiger partial charge in [-0.3, -0.25) is 19.5 Å². The Bertz CT molecular complexity index is 4790. The molecule has 12 rings (SSSR count). The topological polar surface area (TPSA) is 552 Å². The lowest BCUT2D eigenvalue weighted by atomic mass is 10.2. The van der Waals surface area contributed by atoms with Crippen molar-refractivity contribution in [2.24, 2.45) is 0 Å². The second-order valence-electron chi connectivity index (χ2n) is 21.5. The second kappa shape index (κ2) is 34.9. The number of anilines is 9. The van der Waals surface area contributed by atoms with Crippen molar-refractivity contribution in [2.75, 3.05) is 91.6 Å². The van der Waals surface area contributed by atoms with Gasteiger partial charge in [0.2, 0.25) is 0 Å². The molecule has 0 bridgehead atoms. The minimum Gasteiger partial charge on any atom is -0.478 e. The number of methoxy groups -OCH3 is 3. The highest BCUT2D eigenvalue weighted by Gasteiger charge is 2.28. The Balaban J connectivity index is 0.000000185. The van der Waals surface area contributed by atoms with Crippen molar-refractivity contribution < 1.29 is 81.0 Å². The van der Waals surface area contributed by atoms with Gasteiger partial charge in [0.1, 0.15) is 51.6 Å². The molecule has 3 aromatic carbocycles. The first kappa shape index (κ1) is 77.5. The van der Waals surface area contributed by atoms with Gasteiger partial charge >= 0.3 is 42.8 Å². The quantitative estimate of drug-likeness (QED) is 0.0166. The number of hydrogen-bond acceptors (Lipinski definition) is 29. The largest absolute Gasteiger partial charge is 0.513 e. The molecule has 0 fully saturated rings. The maximum absolute atomic E-state index is 14.2. The molecule has 0 aliphatic carbocycles. The van der Waals surface area contributed by atoms with Crippen molar-refractivity contribution in [3.05, 3.63) is 174 Å². The first-order valence-corrected chi connectivity index (χ1v) is 30.5. The van der Waals surface area contributed by atoms with Gasteiger partial charge in [-0.1, -0.05) is 54.6 Å². The standard InChI is InChI=1S/3C20H19FN8O2.C4H4O4.C2H2O4/c3*1-28(20(30)31-2)15-16(22)25-18(26-17(15)23)14-12-7-5-9-24-19(12)29(27-14)10-11-6-3-4-8-13(11)21;5-3(6)1-2-4(7)8;3-1-6-2(4)5/h3*3-9H,10H2,1-2H3,(H4,22,23,25,26);1-2H,(H,5,6)(H,7,8);1H,(H,4,5)/b;;;2-1-;. The number of hydrogen-bond donors (Lipinski definition) is 9. The zero-order valence-corrected chi connectivity index (χ0v) is 57.0. The van der Waals surface area contributed by atoms with Crippen LogP contribution in [0.25, 0.3) is 67.7 Å². The number of nitrogens with two attached hydrogens (primary N) is 6. The van der Waals surface area contributed by atoms with Crippen molar-refractivity contribution in [3.63, 3.8) is 0 Å². The second-order valence-corrected chi connectivity index (χ2v) is 21.5. The maximum atomic E-state index is 14.2. The minimum atomic E-state index is -1.58. The van der Waals surface area contributed by atoms with Crippen molar-refractivity contribution in [1.82, 2.24) is 74.2 Å². The lowest BCUT2D eigenvalue weighted by Gasteiger charge is -2.18. The number of carboxylic acid groups (broad SMARTS) is 3. The summed E-state index contributed by atoms with van der Waals surface area (Å²) in [6.45, 7) is 0.333. The van der Waals surface area contributed by atoms with Gasteiger partial charge < -0.3 is 68.7 Å². The number of pyridine rings is 3. The van der Waals surface area contributed by atoms with E-state index in [0.29, 0.717) is 79.0 Å². The van der Waals surface area contributed by atoms with Gasteiger partial charge in [-0.05, 0) is 54.6 Å². The van der Waals surface area contributed by atoms with Crippen LogP contribution in [-0.4, -0.2) is 175 Å². The van der Waals surface area contributed by atoms with E-state index in [-0.39, 0.29) is 113 Å². The minimum absolute atomic E-state index is 0.0175. The fourth-order valence-corrected chi connectivity index (χ4v) is 9.91. The molecule has 552 valence electrons. The van der Waals surface area contributed by atoms with Gasteiger partial charge in [-0.15, -0.1) is 0 Å². The van der Waals surface area contributed by atoms with E-state index < -0.39 is 36.4 Å². The number of carbonyl (C=O) groups is 7. The van der Waals surface area contributed by atoms with Crippen LogP contribution in [-0.2, 0) is 53.0 Å². The normalized spacial score (nSPS) is 10.6. The summed E-state index contributed by atoms with van der Waals surface area (Å²) < 4.78 is 64.5. The molecule has 38 nitrogen and oxygen atoms in total. The van der Waals surface area contributed by atoms with Gasteiger partial charge in [0.05, 0.1) is 57.1 Å². The van der Waals surface area contributed by atoms with Crippen LogP contribution >= 0.6 is 0 Å². The van der Waals surface area contributed by atoms with Gasteiger partial charge in [0.25, 0.3) is 0 Å². The highest BCUT2D eigenvalue weighted by molar-refractivity contribution is 5.99. The van der Waals surface area contributed by atoms with Crippen molar-refractivity contribution >= 4 is 128 Å². The maximum Gasteiger partial charge on any atom is 0.513 e. The molecule has 15 N–H and O–H groups in total. The van der Waals surface area contributed by atoms with Crippen molar-refractivity contribution in [2.45, 2.75) is 19.6 Å². The van der Waals surface area contributed by atoms with Gasteiger partial charge in [-0.2, -0.15) is 15.3 Å². The van der Waals surface area contributed by atoms with Crippen LogP contribution in [0.5, 0.6) is 0 Å². The third-order valence-corrected chi connectivity index (χ3v) is 14.7. The number of aliphatic carboxylic acids is 2. The molecule has 0 radical (unpaired) electrons. The van der Waals surface area contributed by atoms with E-state index in [0.717, 1.165) is 14.7 Å². The molecule has 0 aliphatic rings. The highest BCUT2D eigenvalue weighted by Crippen LogP contribution is 2.36. The number of fused-ring (bicyclic) bond motifs is 3. The van der Waals surface area contributed by atoms with Crippen LogP contribution in [0, 0.1) is 17.5 Å². The fourth-order valence-electron chi connectivity index (χ4n) is 9.91. The molecule has 0 unspecified atom stereocenters. The first-order valence-electron chi connectivity index (χ1n) is 30.5. The van der Waals surface area contributed by atoms with Crippen LogP contribution < -0.4 is 49.1 Å². The Kier molecular flexibility index (Phi) is 25.3. The van der Waals surface area contributed by atoms with Gasteiger partial charge in [-0.25, -0.2) is 101 Å². The monoisotopic (exact) mass is 1470 g/mol. The molecular weight excluding hydrogens is 1410 g/mol. The van der Waals surface area contributed by atoms with E-state index in [4.69, 9.17) is 59.3 Å². The molecule has 3 amide bonds. The Labute approximate surface area is 600 Å². The zero-order chi connectivity index (χ0) is 77.9. The van der Waals surface area contributed by atoms with E-state index in [9.17, 15) is 37.1 Å². The van der Waals surface area contributed by atoms with Crippen molar-refractivity contribution in [3.8, 4) is 34.6 Å². The number of halogens is 3. The summed E-state index contributed by atoms with van der Waals surface area (Å²) >= 11 is 0. The van der Waals surface area contributed by atoms with Crippen LogP contribution in [0.15, 0.2) is 140 Å². The van der Waals surface area contributed by atoms with Crippen LogP contribution in [0.4, 0.5) is 84.3 Å². The molecule has 107 heavy (non-hydrogen) atoms.